The van der Waals surface area contributed by atoms with Crippen LogP contribution in [0.25, 0.3) is 0 Å². The van der Waals surface area contributed by atoms with Crippen LogP contribution < -0.4 is 11.1 Å². The highest BCUT2D eigenvalue weighted by Gasteiger charge is 1.98. The summed E-state index contributed by atoms with van der Waals surface area (Å²) in [5.41, 5.74) is 5.63. The lowest BCUT2D eigenvalue weighted by atomic mass is 10.3. The average molecular weight is 166 g/mol. The van der Waals surface area contributed by atoms with E-state index in [4.69, 9.17) is 10.8 Å². The Hall–Kier alpha value is -1.55. The third-order valence-corrected chi connectivity index (χ3v) is 1.32. The number of phenols is 1. The highest BCUT2D eigenvalue weighted by atomic mass is 16.3. The second-order valence-corrected chi connectivity index (χ2v) is 2.30. The Morgan fingerprint density at radius 3 is 2.92 bits per heavy atom. The Labute approximate surface area is 70.0 Å². The van der Waals surface area contributed by atoms with Crippen LogP contribution >= 0.6 is 0 Å². The average Bonchev–Trinajstić information content (AvgIpc) is 2.04. The van der Waals surface area contributed by atoms with Gasteiger partial charge in [-0.25, -0.2) is 0 Å². The first-order valence-corrected chi connectivity index (χ1v) is 3.51. The van der Waals surface area contributed by atoms with Gasteiger partial charge in [0.15, 0.2) is 0 Å². The predicted octanol–water partition coefficient (Wildman–Crippen LogP) is 0.289. The minimum atomic E-state index is -0.277. The molecule has 64 valence electrons. The van der Waals surface area contributed by atoms with Crippen LogP contribution in [-0.4, -0.2) is 17.6 Å². The van der Waals surface area contributed by atoms with E-state index in [-0.39, 0.29) is 18.2 Å². The van der Waals surface area contributed by atoms with E-state index in [2.05, 4.69) is 5.32 Å². The number of nitrogens with one attached hydrogen (secondary N) is 1. The number of hydrogen-bond donors (Lipinski definition) is 3. The summed E-state index contributed by atoms with van der Waals surface area (Å²) in [7, 11) is 0. The first-order chi connectivity index (χ1) is 5.72. The number of carbonyl (C=O) groups is 1. The van der Waals surface area contributed by atoms with Gasteiger partial charge in [0, 0.05) is 11.8 Å². The van der Waals surface area contributed by atoms with Crippen molar-refractivity contribution in [2.45, 2.75) is 0 Å². The normalized spacial score (nSPS) is 9.42. The van der Waals surface area contributed by atoms with Crippen LogP contribution in [0.15, 0.2) is 24.3 Å². The van der Waals surface area contributed by atoms with Crippen molar-refractivity contribution in [3.63, 3.8) is 0 Å². The fourth-order valence-corrected chi connectivity index (χ4v) is 0.796. The second kappa shape index (κ2) is 3.73. The Morgan fingerprint density at radius 2 is 2.33 bits per heavy atom. The third-order valence-electron chi connectivity index (χ3n) is 1.32. The smallest absolute Gasteiger partial charge is 0.238 e. The Balaban J connectivity index is 2.69. The summed E-state index contributed by atoms with van der Waals surface area (Å²) in [5, 5.41) is 11.5. The fraction of sp³-hybridized carbons (Fsp3) is 0.125. The van der Waals surface area contributed by atoms with Crippen LogP contribution in [0.2, 0.25) is 0 Å². The molecule has 0 unspecified atom stereocenters. The van der Waals surface area contributed by atoms with Gasteiger partial charge in [0.25, 0.3) is 0 Å². The van der Waals surface area contributed by atoms with Gasteiger partial charge in [-0.15, -0.1) is 0 Å². The van der Waals surface area contributed by atoms with Crippen molar-refractivity contribution in [2.75, 3.05) is 11.9 Å². The SMILES string of the molecule is NCC(=O)Nc1cccc(O)c1. The highest BCUT2D eigenvalue weighted by molar-refractivity contribution is 5.92. The Morgan fingerprint density at radius 1 is 1.58 bits per heavy atom. The number of benzene rings is 1. The largest absolute Gasteiger partial charge is 0.508 e. The first kappa shape index (κ1) is 8.55. The van der Waals surface area contributed by atoms with Crippen LogP contribution in [0.4, 0.5) is 5.69 Å². The molecule has 0 bridgehead atoms. The molecule has 0 spiro atoms. The number of amides is 1. The lowest BCUT2D eigenvalue weighted by Gasteiger charge is -2.02. The quantitative estimate of drug-likeness (QED) is 0.591. The lowest BCUT2D eigenvalue weighted by molar-refractivity contribution is -0.114. The maximum Gasteiger partial charge on any atom is 0.238 e. The molecule has 4 heteroatoms. The monoisotopic (exact) mass is 166 g/mol. The topological polar surface area (TPSA) is 75.4 Å². The molecular formula is C8H10N2O2. The van der Waals surface area contributed by atoms with Gasteiger partial charge < -0.3 is 16.2 Å². The zero-order chi connectivity index (χ0) is 8.97. The molecule has 4 N–H and O–H groups in total. The van der Waals surface area contributed by atoms with Gasteiger partial charge >= 0.3 is 0 Å². The number of phenolic OH excluding ortho intramolecular Hbond substituents is 1. The van der Waals surface area contributed by atoms with E-state index in [1.165, 1.54) is 12.1 Å². The summed E-state index contributed by atoms with van der Waals surface area (Å²) < 4.78 is 0. The minimum absolute atomic E-state index is 0.0599. The van der Waals surface area contributed by atoms with Crippen LogP contribution in [-0.2, 0) is 4.79 Å². The minimum Gasteiger partial charge on any atom is -0.508 e. The van der Waals surface area contributed by atoms with E-state index < -0.39 is 0 Å². The molecule has 4 nitrogen and oxygen atoms in total. The number of carbonyl (C=O) groups excluding carboxylic acids is 1. The molecule has 0 atom stereocenters. The van der Waals surface area contributed by atoms with Crippen molar-refractivity contribution in [2.24, 2.45) is 5.73 Å². The van der Waals surface area contributed by atoms with Gasteiger partial charge in [-0.3, -0.25) is 4.79 Å². The molecule has 0 fully saturated rings. The van der Waals surface area contributed by atoms with Crippen molar-refractivity contribution in [3.8, 4) is 5.75 Å². The van der Waals surface area contributed by atoms with E-state index in [9.17, 15) is 4.79 Å². The van der Waals surface area contributed by atoms with Crippen molar-refractivity contribution in [1.82, 2.24) is 0 Å². The van der Waals surface area contributed by atoms with E-state index in [1.807, 2.05) is 0 Å². The number of hydrogen-bond acceptors (Lipinski definition) is 3. The maximum absolute atomic E-state index is 10.8. The molecule has 0 saturated carbocycles. The molecule has 1 aromatic carbocycles. The Kier molecular flexibility index (Phi) is 2.66. The first-order valence-electron chi connectivity index (χ1n) is 3.51. The molecule has 0 saturated heterocycles. The molecule has 0 aliphatic carbocycles. The summed E-state index contributed by atoms with van der Waals surface area (Å²) in [6.07, 6.45) is 0. The van der Waals surface area contributed by atoms with Crippen molar-refractivity contribution >= 4 is 11.6 Å². The summed E-state index contributed by atoms with van der Waals surface area (Å²) in [5.74, 6) is -0.162. The summed E-state index contributed by atoms with van der Waals surface area (Å²) in [6.45, 7) is -0.0599. The molecule has 1 aromatic rings. The van der Waals surface area contributed by atoms with Crippen molar-refractivity contribution < 1.29 is 9.90 Å². The van der Waals surface area contributed by atoms with E-state index in [0.29, 0.717) is 5.69 Å². The van der Waals surface area contributed by atoms with Gasteiger partial charge in [0.05, 0.1) is 6.54 Å². The van der Waals surface area contributed by atoms with Crippen LogP contribution in [0, 0.1) is 0 Å². The summed E-state index contributed by atoms with van der Waals surface area (Å²) >= 11 is 0. The van der Waals surface area contributed by atoms with Crippen LogP contribution in [0.3, 0.4) is 0 Å². The van der Waals surface area contributed by atoms with Crippen LogP contribution in [0.1, 0.15) is 0 Å². The number of rotatable bonds is 2. The van der Waals surface area contributed by atoms with Gasteiger partial charge in [0.2, 0.25) is 5.91 Å². The van der Waals surface area contributed by atoms with Gasteiger partial charge in [-0.2, -0.15) is 0 Å². The third kappa shape index (κ3) is 2.25. The number of anilines is 1. The molecule has 0 aliphatic heterocycles. The van der Waals surface area contributed by atoms with E-state index in [1.54, 1.807) is 12.1 Å². The lowest BCUT2D eigenvalue weighted by Crippen LogP contribution is -2.21. The van der Waals surface area contributed by atoms with Crippen molar-refractivity contribution in [3.05, 3.63) is 24.3 Å². The molecule has 0 aromatic heterocycles. The zero-order valence-corrected chi connectivity index (χ0v) is 6.45. The summed E-state index contributed by atoms with van der Waals surface area (Å²) in [4.78, 5) is 10.8. The van der Waals surface area contributed by atoms with Gasteiger partial charge in [-0.1, -0.05) is 6.07 Å². The maximum atomic E-state index is 10.8. The van der Waals surface area contributed by atoms with Crippen LogP contribution in [0.5, 0.6) is 5.75 Å². The standard InChI is InChI=1S/C8H10N2O2/c9-5-8(12)10-6-2-1-3-7(11)4-6/h1-4,11H,5,9H2,(H,10,12). The van der Waals surface area contributed by atoms with E-state index >= 15 is 0 Å². The second-order valence-electron chi connectivity index (χ2n) is 2.30. The molecule has 1 rings (SSSR count). The molecule has 0 heterocycles. The molecule has 1 amide bonds. The van der Waals surface area contributed by atoms with Gasteiger partial charge in [0.1, 0.15) is 5.75 Å². The highest BCUT2D eigenvalue weighted by Crippen LogP contribution is 2.14. The molecule has 12 heavy (non-hydrogen) atoms. The predicted molar refractivity (Wildman–Crippen MR) is 45.8 cm³/mol. The van der Waals surface area contributed by atoms with E-state index in [0.717, 1.165) is 0 Å². The molecule has 0 aliphatic rings. The van der Waals surface area contributed by atoms with Gasteiger partial charge in [-0.05, 0) is 12.1 Å². The van der Waals surface area contributed by atoms with Crippen molar-refractivity contribution in [1.29, 1.82) is 0 Å². The molecule has 0 radical (unpaired) electrons. The zero-order valence-electron chi connectivity index (χ0n) is 6.45. The Bertz CT molecular complexity index is 286. The molecular weight excluding hydrogens is 156 g/mol. The number of aromatic hydroxyl groups is 1. The summed E-state index contributed by atoms with van der Waals surface area (Å²) in [6, 6.07) is 6.29. The fourth-order valence-electron chi connectivity index (χ4n) is 0.796. The number of nitrogens with two attached hydrogens (primary N) is 1.